The van der Waals surface area contributed by atoms with Crippen molar-refractivity contribution in [2.75, 3.05) is 6.61 Å². The number of ether oxygens (including phenoxy) is 1. The van der Waals surface area contributed by atoms with Gasteiger partial charge in [-0.25, -0.2) is 9.78 Å². The second kappa shape index (κ2) is 10.6. The molecule has 0 spiro atoms. The van der Waals surface area contributed by atoms with Crippen LogP contribution in [0, 0.1) is 0 Å². The lowest BCUT2D eigenvalue weighted by molar-refractivity contribution is 0.0523. The molecule has 3 heterocycles. The van der Waals surface area contributed by atoms with Crippen LogP contribution in [0.1, 0.15) is 92.1 Å². The number of carbonyl (C=O) groups is 2. The fraction of sp³-hybridized carbons (Fsp3) is 0.387. The standard InChI is InChI=1S/C31H34N4O4/c1-5-39-30(38)24-19-23-26(32-25-13-9-10-18-34(25)29(23)37)35(22-11-7-6-8-12-22)27(24)33-28(36)20-14-16-21(17-15-20)31(2,3)4/h9-10,13-19,22H,5-8,11-12H2,1-4H3. The number of fused-ring (bicyclic) bond motifs is 2. The Morgan fingerprint density at radius 1 is 1.05 bits per heavy atom. The van der Waals surface area contributed by atoms with Gasteiger partial charge >= 0.3 is 5.97 Å². The first-order valence-corrected chi connectivity index (χ1v) is 13.6. The minimum atomic E-state index is -0.629. The lowest BCUT2D eigenvalue weighted by Gasteiger charge is -2.27. The Labute approximate surface area is 227 Å². The molecule has 0 radical (unpaired) electrons. The first-order chi connectivity index (χ1) is 18.7. The summed E-state index contributed by atoms with van der Waals surface area (Å²) < 4.78 is 8.68. The summed E-state index contributed by atoms with van der Waals surface area (Å²) in [6, 6.07) is 14.2. The maximum absolute atomic E-state index is 13.6. The molecule has 1 fully saturated rings. The van der Waals surface area contributed by atoms with E-state index in [2.05, 4.69) is 25.8 Å². The summed E-state index contributed by atoms with van der Waals surface area (Å²) in [6.45, 7) is 8.21. The highest BCUT2D eigenvalue weighted by Gasteiger charge is 2.25. The van der Waals surface area contributed by atoms with Crippen molar-refractivity contribution in [2.24, 2.45) is 4.99 Å². The third-order valence-electron chi connectivity index (χ3n) is 7.38. The van der Waals surface area contributed by atoms with Gasteiger partial charge in [-0.2, -0.15) is 4.99 Å². The number of aromatic nitrogens is 3. The number of benzene rings is 1. The molecule has 0 unspecified atom stereocenters. The van der Waals surface area contributed by atoms with Crippen LogP contribution in [-0.2, 0) is 10.2 Å². The number of carbonyl (C=O) groups excluding carboxylic acids is 2. The molecule has 202 valence electrons. The van der Waals surface area contributed by atoms with Gasteiger partial charge in [0.2, 0.25) is 0 Å². The Morgan fingerprint density at radius 3 is 2.44 bits per heavy atom. The number of pyridine rings is 2. The van der Waals surface area contributed by atoms with Gasteiger partial charge in [-0.1, -0.05) is 58.2 Å². The van der Waals surface area contributed by atoms with Gasteiger partial charge in [-0.3, -0.25) is 14.0 Å². The Balaban J connectivity index is 1.82. The van der Waals surface area contributed by atoms with E-state index >= 15 is 0 Å². The van der Waals surface area contributed by atoms with Gasteiger partial charge in [0.05, 0.1) is 12.0 Å². The maximum Gasteiger partial charge on any atom is 0.341 e. The van der Waals surface area contributed by atoms with Gasteiger partial charge < -0.3 is 9.30 Å². The summed E-state index contributed by atoms with van der Waals surface area (Å²) in [5, 5.41) is 0.285. The van der Waals surface area contributed by atoms with Crippen molar-refractivity contribution < 1.29 is 14.3 Å². The van der Waals surface area contributed by atoms with Crippen molar-refractivity contribution in [3.05, 3.63) is 87.3 Å². The molecule has 0 N–H and O–H groups in total. The molecule has 0 atom stereocenters. The molecule has 0 saturated heterocycles. The fourth-order valence-corrected chi connectivity index (χ4v) is 5.27. The van der Waals surface area contributed by atoms with Crippen LogP contribution in [-0.4, -0.2) is 32.4 Å². The van der Waals surface area contributed by atoms with Crippen molar-refractivity contribution in [2.45, 2.75) is 71.3 Å². The Kier molecular flexibility index (Phi) is 7.21. The topological polar surface area (TPSA) is 95.0 Å². The minimum Gasteiger partial charge on any atom is -0.462 e. The molecule has 8 heteroatoms. The van der Waals surface area contributed by atoms with E-state index in [0.717, 1.165) is 37.7 Å². The quantitative estimate of drug-likeness (QED) is 0.263. The summed E-state index contributed by atoms with van der Waals surface area (Å²) in [7, 11) is 0. The summed E-state index contributed by atoms with van der Waals surface area (Å²) >= 11 is 0. The molecule has 1 saturated carbocycles. The number of esters is 1. The Morgan fingerprint density at radius 2 is 1.77 bits per heavy atom. The van der Waals surface area contributed by atoms with Gasteiger partial charge in [0, 0.05) is 17.8 Å². The second-order valence-corrected chi connectivity index (χ2v) is 11.1. The van der Waals surface area contributed by atoms with Crippen molar-refractivity contribution in [3.63, 3.8) is 0 Å². The van der Waals surface area contributed by atoms with Crippen LogP contribution >= 0.6 is 0 Å². The van der Waals surface area contributed by atoms with E-state index in [-0.39, 0.29) is 40.1 Å². The van der Waals surface area contributed by atoms with Crippen molar-refractivity contribution in [3.8, 4) is 0 Å². The van der Waals surface area contributed by atoms with Crippen LogP contribution < -0.4 is 11.0 Å². The monoisotopic (exact) mass is 526 g/mol. The van der Waals surface area contributed by atoms with Crippen molar-refractivity contribution >= 4 is 28.6 Å². The molecule has 8 nitrogen and oxygen atoms in total. The highest BCUT2D eigenvalue weighted by Crippen LogP contribution is 2.29. The Hall–Kier alpha value is -4.07. The first-order valence-electron chi connectivity index (χ1n) is 13.6. The smallest absolute Gasteiger partial charge is 0.341 e. The minimum absolute atomic E-state index is 0.0549. The van der Waals surface area contributed by atoms with Gasteiger partial charge in [0.25, 0.3) is 11.5 Å². The lowest BCUT2D eigenvalue weighted by Crippen LogP contribution is -2.35. The van der Waals surface area contributed by atoms with E-state index in [1.165, 1.54) is 10.5 Å². The number of amides is 1. The molecule has 1 aliphatic rings. The molecular formula is C31H34N4O4. The molecule has 3 aromatic heterocycles. The number of hydrogen-bond acceptors (Lipinski definition) is 5. The van der Waals surface area contributed by atoms with Gasteiger partial charge in [-0.15, -0.1) is 0 Å². The highest BCUT2D eigenvalue weighted by molar-refractivity contribution is 5.97. The molecule has 1 aliphatic carbocycles. The van der Waals surface area contributed by atoms with Crippen LogP contribution in [0.4, 0.5) is 0 Å². The highest BCUT2D eigenvalue weighted by atomic mass is 16.5. The molecule has 0 bridgehead atoms. The van der Waals surface area contributed by atoms with Crippen molar-refractivity contribution in [1.29, 1.82) is 0 Å². The van der Waals surface area contributed by atoms with E-state index in [4.69, 9.17) is 9.72 Å². The van der Waals surface area contributed by atoms with E-state index in [0.29, 0.717) is 16.9 Å². The summed E-state index contributed by atoms with van der Waals surface area (Å²) in [5.74, 6) is -1.10. The Bertz CT molecular complexity index is 1690. The summed E-state index contributed by atoms with van der Waals surface area (Å²) in [6.07, 6.45) is 6.42. The third-order valence-corrected chi connectivity index (χ3v) is 7.38. The predicted octanol–water partition coefficient (Wildman–Crippen LogP) is 5.37. The summed E-state index contributed by atoms with van der Waals surface area (Å²) in [4.78, 5) is 49.8. The van der Waals surface area contributed by atoms with Gasteiger partial charge in [-0.05, 0) is 61.1 Å². The van der Waals surface area contributed by atoms with E-state index in [1.54, 1.807) is 37.4 Å². The normalized spacial score (nSPS) is 15.1. The zero-order chi connectivity index (χ0) is 27.7. The fourth-order valence-electron chi connectivity index (χ4n) is 5.27. The maximum atomic E-state index is 13.6. The van der Waals surface area contributed by atoms with E-state index < -0.39 is 11.9 Å². The van der Waals surface area contributed by atoms with Crippen LogP contribution in [0.3, 0.4) is 0 Å². The molecule has 5 rings (SSSR count). The van der Waals surface area contributed by atoms with Crippen molar-refractivity contribution in [1.82, 2.24) is 14.0 Å². The van der Waals surface area contributed by atoms with Gasteiger partial charge in [0.1, 0.15) is 16.9 Å². The average molecular weight is 527 g/mol. The van der Waals surface area contributed by atoms with Crippen LogP contribution in [0.2, 0.25) is 0 Å². The van der Waals surface area contributed by atoms with Crippen LogP contribution in [0.15, 0.2) is 64.5 Å². The zero-order valence-corrected chi connectivity index (χ0v) is 22.9. The molecule has 1 amide bonds. The van der Waals surface area contributed by atoms with E-state index in [9.17, 15) is 14.4 Å². The van der Waals surface area contributed by atoms with Gasteiger partial charge in [0.15, 0.2) is 5.49 Å². The number of nitrogens with zero attached hydrogens (tertiary/aromatic N) is 4. The SMILES string of the molecule is CCOC(=O)c1cc2c(=O)n3ccccc3nc2n(C2CCCCC2)c1=NC(=O)c1ccc(C(C)(C)C)cc1. The van der Waals surface area contributed by atoms with E-state index in [1.807, 2.05) is 22.8 Å². The number of hydrogen-bond donors (Lipinski definition) is 0. The number of rotatable bonds is 4. The molecule has 1 aromatic carbocycles. The largest absolute Gasteiger partial charge is 0.462 e. The molecule has 39 heavy (non-hydrogen) atoms. The zero-order valence-electron chi connectivity index (χ0n) is 22.9. The van der Waals surface area contributed by atoms with Crippen LogP contribution in [0.5, 0.6) is 0 Å². The second-order valence-electron chi connectivity index (χ2n) is 11.1. The first kappa shape index (κ1) is 26.5. The third kappa shape index (κ3) is 5.15. The molecule has 0 aliphatic heterocycles. The lowest BCUT2D eigenvalue weighted by atomic mass is 9.87. The summed E-state index contributed by atoms with van der Waals surface area (Å²) in [5.41, 5.74) is 2.35. The predicted molar refractivity (Wildman–Crippen MR) is 150 cm³/mol. The molecule has 4 aromatic rings. The molecular weight excluding hydrogens is 492 g/mol. The van der Waals surface area contributed by atoms with Crippen LogP contribution in [0.25, 0.3) is 16.7 Å². The average Bonchev–Trinajstić information content (AvgIpc) is 2.93.